The lowest BCUT2D eigenvalue weighted by Gasteiger charge is -2.34. The highest BCUT2D eigenvalue weighted by Gasteiger charge is 2.27. The van der Waals surface area contributed by atoms with E-state index in [-0.39, 0.29) is 0 Å². The molecule has 0 saturated carbocycles. The van der Waals surface area contributed by atoms with E-state index in [0.29, 0.717) is 11.5 Å². The predicted molar refractivity (Wildman–Crippen MR) is 126 cm³/mol. The minimum atomic E-state index is -0.417. The standard InChI is InChI=1S/C23H52N2OSi/c1-8-10-11-12-13-16-22(3)26-27-21-23(9-2,17-14-19-24(4)5)18-15-20-25(6)7/h22H,8-21,27H2,1-7H3. The largest absolute Gasteiger partial charge is 0.421 e. The molecule has 0 radical (unpaired) electrons. The summed E-state index contributed by atoms with van der Waals surface area (Å²) in [6.07, 6.45) is 15.3. The molecule has 0 amide bonds. The van der Waals surface area contributed by atoms with Gasteiger partial charge >= 0.3 is 0 Å². The predicted octanol–water partition coefficient (Wildman–Crippen LogP) is 5.33. The first-order valence-corrected chi connectivity index (χ1v) is 13.3. The summed E-state index contributed by atoms with van der Waals surface area (Å²) in [5.74, 6) is 0. The highest BCUT2D eigenvalue weighted by Crippen LogP contribution is 2.38. The topological polar surface area (TPSA) is 15.7 Å². The fraction of sp³-hybridized carbons (Fsp3) is 1.00. The summed E-state index contributed by atoms with van der Waals surface area (Å²) in [5.41, 5.74) is 0.527. The molecule has 27 heavy (non-hydrogen) atoms. The second kappa shape index (κ2) is 17.0. The van der Waals surface area contributed by atoms with E-state index in [1.54, 1.807) is 0 Å². The van der Waals surface area contributed by atoms with Gasteiger partial charge in [0.25, 0.3) is 0 Å². The molecule has 0 rings (SSSR count). The molecule has 1 unspecified atom stereocenters. The summed E-state index contributed by atoms with van der Waals surface area (Å²) in [5, 5.41) is 0. The summed E-state index contributed by atoms with van der Waals surface area (Å²) in [6.45, 7) is 9.43. The second-order valence-electron chi connectivity index (χ2n) is 9.30. The number of hydrogen-bond donors (Lipinski definition) is 0. The van der Waals surface area contributed by atoms with Crippen molar-refractivity contribution in [3.05, 3.63) is 0 Å². The first-order valence-electron chi connectivity index (χ1n) is 11.8. The maximum absolute atomic E-state index is 6.38. The van der Waals surface area contributed by atoms with E-state index >= 15 is 0 Å². The van der Waals surface area contributed by atoms with Crippen LogP contribution in [0.15, 0.2) is 0 Å². The number of rotatable bonds is 19. The maximum Gasteiger partial charge on any atom is 0.162 e. The highest BCUT2D eigenvalue weighted by molar-refractivity contribution is 6.27. The summed E-state index contributed by atoms with van der Waals surface area (Å²) in [4.78, 5) is 4.66. The molecule has 0 saturated heterocycles. The van der Waals surface area contributed by atoms with E-state index in [0.717, 1.165) is 0 Å². The van der Waals surface area contributed by atoms with E-state index in [1.807, 2.05) is 0 Å². The van der Waals surface area contributed by atoms with Crippen LogP contribution in [0.25, 0.3) is 0 Å². The molecule has 0 aliphatic carbocycles. The molecule has 0 aromatic heterocycles. The van der Waals surface area contributed by atoms with Crippen LogP contribution in [-0.2, 0) is 4.43 Å². The molecule has 0 aliphatic heterocycles. The van der Waals surface area contributed by atoms with Crippen molar-refractivity contribution in [2.24, 2.45) is 5.41 Å². The lowest BCUT2D eigenvalue weighted by molar-refractivity contribution is 0.188. The van der Waals surface area contributed by atoms with Gasteiger partial charge in [-0.05, 0) is 91.8 Å². The third kappa shape index (κ3) is 15.7. The first kappa shape index (κ1) is 27.1. The molecule has 0 fully saturated rings. The molecule has 0 heterocycles. The summed E-state index contributed by atoms with van der Waals surface area (Å²) in [7, 11) is 8.36. The van der Waals surface area contributed by atoms with Gasteiger partial charge in [-0.1, -0.05) is 52.4 Å². The number of unbranched alkanes of at least 4 members (excludes halogenated alkanes) is 4. The quantitative estimate of drug-likeness (QED) is 0.215. The van der Waals surface area contributed by atoms with Gasteiger partial charge in [0.05, 0.1) is 0 Å². The smallest absolute Gasteiger partial charge is 0.162 e. The highest BCUT2D eigenvalue weighted by atomic mass is 28.2. The molecule has 4 heteroatoms. The van der Waals surface area contributed by atoms with E-state index < -0.39 is 9.76 Å². The fourth-order valence-electron chi connectivity index (χ4n) is 4.04. The Kier molecular flexibility index (Phi) is 17.1. The monoisotopic (exact) mass is 400 g/mol. The maximum atomic E-state index is 6.38. The van der Waals surface area contributed by atoms with Crippen LogP contribution in [-0.4, -0.2) is 66.9 Å². The van der Waals surface area contributed by atoms with Gasteiger partial charge in [-0.25, -0.2) is 0 Å². The zero-order valence-corrected chi connectivity index (χ0v) is 21.4. The van der Waals surface area contributed by atoms with E-state index in [9.17, 15) is 0 Å². The van der Waals surface area contributed by atoms with Gasteiger partial charge in [-0.15, -0.1) is 0 Å². The van der Waals surface area contributed by atoms with Crippen LogP contribution >= 0.6 is 0 Å². The van der Waals surface area contributed by atoms with Crippen molar-refractivity contribution >= 4 is 9.76 Å². The van der Waals surface area contributed by atoms with E-state index in [2.05, 4.69) is 58.8 Å². The molecule has 0 spiro atoms. The third-order valence-electron chi connectivity index (χ3n) is 6.12. The summed E-state index contributed by atoms with van der Waals surface area (Å²) < 4.78 is 6.38. The minimum absolute atomic E-state index is 0.417. The molecular formula is C23H52N2OSi. The third-order valence-corrected chi connectivity index (χ3v) is 8.19. The summed E-state index contributed by atoms with van der Waals surface area (Å²) >= 11 is 0. The van der Waals surface area contributed by atoms with Crippen LogP contribution in [0, 0.1) is 5.41 Å². The molecular weight excluding hydrogens is 348 g/mol. The summed E-state index contributed by atoms with van der Waals surface area (Å²) in [6, 6.07) is 1.37. The van der Waals surface area contributed by atoms with Crippen LogP contribution in [0.3, 0.4) is 0 Å². The van der Waals surface area contributed by atoms with Crippen LogP contribution in [0.2, 0.25) is 6.04 Å². The molecule has 0 aromatic carbocycles. The lowest BCUT2D eigenvalue weighted by Crippen LogP contribution is -2.27. The van der Waals surface area contributed by atoms with Gasteiger partial charge < -0.3 is 14.2 Å². The molecule has 3 nitrogen and oxygen atoms in total. The number of nitrogens with zero attached hydrogens (tertiary/aromatic N) is 2. The second-order valence-corrected chi connectivity index (χ2v) is 10.5. The van der Waals surface area contributed by atoms with E-state index in [4.69, 9.17) is 4.43 Å². The van der Waals surface area contributed by atoms with Crippen LogP contribution in [0.5, 0.6) is 0 Å². The van der Waals surface area contributed by atoms with Crippen molar-refractivity contribution in [3.63, 3.8) is 0 Å². The zero-order valence-electron chi connectivity index (χ0n) is 20.0. The molecule has 0 N–H and O–H groups in total. The van der Waals surface area contributed by atoms with Gasteiger partial charge in [0.15, 0.2) is 9.76 Å². The van der Waals surface area contributed by atoms with Gasteiger partial charge in [0.1, 0.15) is 0 Å². The van der Waals surface area contributed by atoms with Crippen molar-refractivity contribution in [1.82, 2.24) is 9.80 Å². The fourth-order valence-corrected chi connectivity index (χ4v) is 6.01. The lowest BCUT2D eigenvalue weighted by atomic mass is 9.78. The SMILES string of the molecule is CCCCCCCC(C)O[SiH2]CC(CC)(CCCN(C)C)CCCN(C)C. The van der Waals surface area contributed by atoms with Crippen molar-refractivity contribution in [2.75, 3.05) is 41.3 Å². The van der Waals surface area contributed by atoms with Crippen molar-refractivity contribution < 1.29 is 4.43 Å². The molecule has 0 aromatic rings. The zero-order chi connectivity index (χ0) is 20.5. The molecule has 164 valence electrons. The average molecular weight is 401 g/mol. The Hall–Kier alpha value is 0.0969. The van der Waals surface area contributed by atoms with Crippen molar-refractivity contribution in [3.8, 4) is 0 Å². The van der Waals surface area contributed by atoms with Gasteiger partial charge in [0, 0.05) is 6.10 Å². The Labute approximate surface area is 174 Å². The molecule has 0 bridgehead atoms. The molecule has 1 atom stereocenters. The van der Waals surface area contributed by atoms with Crippen molar-refractivity contribution in [1.29, 1.82) is 0 Å². The van der Waals surface area contributed by atoms with Gasteiger partial charge in [-0.3, -0.25) is 0 Å². The minimum Gasteiger partial charge on any atom is -0.421 e. The van der Waals surface area contributed by atoms with Gasteiger partial charge in [-0.2, -0.15) is 0 Å². The Balaban J connectivity index is 4.33. The van der Waals surface area contributed by atoms with Crippen LogP contribution in [0.4, 0.5) is 0 Å². The number of hydrogen-bond acceptors (Lipinski definition) is 3. The van der Waals surface area contributed by atoms with Crippen LogP contribution in [0.1, 0.15) is 91.4 Å². The van der Waals surface area contributed by atoms with Crippen LogP contribution < -0.4 is 0 Å². The Morgan fingerprint density at radius 3 is 1.85 bits per heavy atom. The Morgan fingerprint density at radius 1 is 0.815 bits per heavy atom. The molecule has 0 aliphatic rings. The Bertz CT molecular complexity index is 310. The van der Waals surface area contributed by atoms with Crippen molar-refractivity contribution in [2.45, 2.75) is 104 Å². The average Bonchev–Trinajstić information content (AvgIpc) is 2.60. The normalized spacial score (nSPS) is 14.1. The first-order chi connectivity index (χ1) is 12.8. The Morgan fingerprint density at radius 2 is 1.37 bits per heavy atom. The van der Waals surface area contributed by atoms with Gasteiger partial charge in [0.2, 0.25) is 0 Å². The van der Waals surface area contributed by atoms with E-state index in [1.165, 1.54) is 89.8 Å².